The lowest BCUT2D eigenvalue weighted by Gasteiger charge is -2.35. The minimum atomic E-state index is -0.0782. The van der Waals surface area contributed by atoms with E-state index in [2.05, 4.69) is 32.8 Å². The van der Waals surface area contributed by atoms with Gasteiger partial charge in [0.05, 0.1) is 11.6 Å². The highest BCUT2D eigenvalue weighted by atomic mass is 79.9. The first-order valence-electron chi connectivity index (χ1n) is 5.94. The first-order chi connectivity index (χ1) is 8.20. The number of ether oxygens (including phenoxy) is 1. The van der Waals surface area contributed by atoms with Gasteiger partial charge < -0.3 is 4.74 Å². The van der Waals surface area contributed by atoms with Crippen molar-refractivity contribution in [2.75, 3.05) is 7.11 Å². The maximum Gasteiger partial charge on any atom is 0.0847 e. The Kier molecular flexibility index (Phi) is 4.60. The second-order valence-corrected chi connectivity index (χ2v) is 6.54. The SMILES string of the molecule is COC1(C(Cc2cc(Br)cs2)NN)CCCC1. The van der Waals surface area contributed by atoms with Gasteiger partial charge in [0.15, 0.2) is 0 Å². The number of methoxy groups -OCH3 is 1. The normalized spacial score (nSPS) is 20.6. The topological polar surface area (TPSA) is 47.3 Å². The molecule has 0 aromatic carbocycles. The number of hydrogen-bond donors (Lipinski definition) is 2. The third kappa shape index (κ3) is 2.90. The van der Waals surface area contributed by atoms with Crippen molar-refractivity contribution in [3.8, 4) is 0 Å². The molecular formula is C12H19BrN2OS. The summed E-state index contributed by atoms with van der Waals surface area (Å²) in [5.74, 6) is 5.73. The van der Waals surface area contributed by atoms with Gasteiger partial charge >= 0.3 is 0 Å². The minimum Gasteiger partial charge on any atom is -0.377 e. The molecule has 0 spiro atoms. The number of nitrogens with one attached hydrogen (secondary N) is 1. The summed E-state index contributed by atoms with van der Waals surface area (Å²) >= 11 is 5.25. The van der Waals surface area contributed by atoms with Crippen LogP contribution >= 0.6 is 27.3 Å². The van der Waals surface area contributed by atoms with Crippen molar-refractivity contribution in [1.29, 1.82) is 0 Å². The van der Waals surface area contributed by atoms with E-state index in [1.54, 1.807) is 18.4 Å². The lowest BCUT2D eigenvalue weighted by molar-refractivity contribution is -0.0353. The first kappa shape index (κ1) is 13.5. The van der Waals surface area contributed by atoms with E-state index in [1.807, 2.05) is 0 Å². The summed E-state index contributed by atoms with van der Waals surface area (Å²) in [4.78, 5) is 1.34. The fourth-order valence-electron chi connectivity index (χ4n) is 2.73. The Morgan fingerprint density at radius 1 is 1.59 bits per heavy atom. The van der Waals surface area contributed by atoms with Crippen molar-refractivity contribution >= 4 is 27.3 Å². The summed E-state index contributed by atoms with van der Waals surface area (Å²) in [6, 6.07) is 2.35. The van der Waals surface area contributed by atoms with Gasteiger partial charge in [-0.1, -0.05) is 12.8 Å². The van der Waals surface area contributed by atoms with Crippen LogP contribution in [0, 0.1) is 0 Å². The van der Waals surface area contributed by atoms with Crippen molar-refractivity contribution in [2.45, 2.75) is 43.7 Å². The summed E-state index contributed by atoms with van der Waals surface area (Å²) in [7, 11) is 1.81. The van der Waals surface area contributed by atoms with Gasteiger partial charge in [-0.3, -0.25) is 11.3 Å². The van der Waals surface area contributed by atoms with Crippen LogP contribution in [0.5, 0.6) is 0 Å². The van der Waals surface area contributed by atoms with Crippen LogP contribution in [0.2, 0.25) is 0 Å². The Morgan fingerprint density at radius 3 is 2.76 bits per heavy atom. The molecule has 0 bridgehead atoms. The van der Waals surface area contributed by atoms with Crippen molar-refractivity contribution in [3.05, 3.63) is 20.8 Å². The summed E-state index contributed by atoms with van der Waals surface area (Å²) in [6.45, 7) is 0. The highest BCUT2D eigenvalue weighted by Crippen LogP contribution is 2.37. The summed E-state index contributed by atoms with van der Waals surface area (Å²) in [5, 5.41) is 2.11. The number of rotatable bonds is 5. The fourth-order valence-corrected chi connectivity index (χ4v) is 4.23. The van der Waals surface area contributed by atoms with E-state index in [0.717, 1.165) is 23.7 Å². The molecule has 1 aromatic heterocycles. The third-order valence-corrected chi connectivity index (χ3v) is 5.44. The molecule has 1 atom stereocenters. The molecular weight excluding hydrogens is 300 g/mol. The van der Waals surface area contributed by atoms with E-state index < -0.39 is 0 Å². The first-order valence-corrected chi connectivity index (χ1v) is 7.61. The third-order valence-electron chi connectivity index (χ3n) is 3.72. The van der Waals surface area contributed by atoms with Gasteiger partial charge in [0.1, 0.15) is 0 Å². The van der Waals surface area contributed by atoms with Gasteiger partial charge in [0.2, 0.25) is 0 Å². The maximum atomic E-state index is 5.78. The summed E-state index contributed by atoms with van der Waals surface area (Å²) < 4.78 is 6.93. The largest absolute Gasteiger partial charge is 0.377 e. The average molecular weight is 319 g/mol. The van der Waals surface area contributed by atoms with Crippen LogP contribution in [-0.2, 0) is 11.2 Å². The Labute approximate surface area is 115 Å². The average Bonchev–Trinajstić information content (AvgIpc) is 2.95. The van der Waals surface area contributed by atoms with Crippen molar-refractivity contribution in [2.24, 2.45) is 5.84 Å². The van der Waals surface area contributed by atoms with Gasteiger partial charge in [-0.15, -0.1) is 11.3 Å². The molecule has 0 amide bonds. The number of nitrogens with two attached hydrogens (primary N) is 1. The van der Waals surface area contributed by atoms with Gasteiger partial charge in [0, 0.05) is 28.3 Å². The molecule has 17 heavy (non-hydrogen) atoms. The van der Waals surface area contributed by atoms with Gasteiger partial charge in [0.25, 0.3) is 0 Å². The van der Waals surface area contributed by atoms with Crippen LogP contribution in [0.1, 0.15) is 30.6 Å². The molecule has 1 fully saturated rings. The summed E-state index contributed by atoms with van der Waals surface area (Å²) in [5.41, 5.74) is 2.88. The summed E-state index contributed by atoms with van der Waals surface area (Å²) in [6.07, 6.45) is 5.61. The quantitative estimate of drug-likeness (QED) is 0.648. The molecule has 1 heterocycles. The van der Waals surface area contributed by atoms with E-state index in [0.29, 0.717) is 0 Å². The molecule has 3 N–H and O–H groups in total. The molecule has 1 aromatic rings. The van der Waals surface area contributed by atoms with Crippen LogP contribution in [0.4, 0.5) is 0 Å². The highest BCUT2D eigenvalue weighted by molar-refractivity contribution is 9.10. The Morgan fingerprint density at radius 2 is 2.29 bits per heavy atom. The zero-order valence-corrected chi connectivity index (χ0v) is 12.4. The molecule has 0 radical (unpaired) electrons. The second-order valence-electron chi connectivity index (χ2n) is 4.63. The van der Waals surface area contributed by atoms with Crippen LogP contribution in [0.3, 0.4) is 0 Å². The number of halogens is 1. The van der Waals surface area contributed by atoms with E-state index in [4.69, 9.17) is 10.6 Å². The molecule has 1 saturated carbocycles. The van der Waals surface area contributed by atoms with Crippen molar-refractivity contribution in [3.63, 3.8) is 0 Å². The molecule has 0 aliphatic heterocycles. The minimum absolute atomic E-state index is 0.0782. The van der Waals surface area contributed by atoms with E-state index >= 15 is 0 Å². The predicted octanol–water partition coefficient (Wildman–Crippen LogP) is 2.84. The van der Waals surface area contributed by atoms with Gasteiger partial charge in [-0.05, 0) is 34.8 Å². The molecule has 96 valence electrons. The fraction of sp³-hybridized carbons (Fsp3) is 0.667. The van der Waals surface area contributed by atoms with Crippen molar-refractivity contribution < 1.29 is 4.74 Å². The molecule has 3 nitrogen and oxygen atoms in total. The molecule has 1 unspecified atom stereocenters. The zero-order chi connectivity index (χ0) is 12.3. The van der Waals surface area contributed by atoms with E-state index in [-0.39, 0.29) is 11.6 Å². The molecule has 0 saturated heterocycles. The molecule has 2 rings (SSSR count). The Hall–Kier alpha value is 0.0600. The Balaban J connectivity index is 2.10. The lowest BCUT2D eigenvalue weighted by Crippen LogP contribution is -2.54. The smallest absolute Gasteiger partial charge is 0.0847 e. The second kappa shape index (κ2) is 5.80. The molecule has 5 heteroatoms. The maximum absolute atomic E-state index is 5.78. The van der Waals surface area contributed by atoms with E-state index in [9.17, 15) is 0 Å². The van der Waals surface area contributed by atoms with Crippen LogP contribution < -0.4 is 11.3 Å². The van der Waals surface area contributed by atoms with Crippen LogP contribution in [-0.4, -0.2) is 18.8 Å². The number of thiophene rings is 1. The monoisotopic (exact) mass is 318 g/mol. The number of hydrogen-bond acceptors (Lipinski definition) is 4. The molecule has 1 aliphatic carbocycles. The highest BCUT2D eigenvalue weighted by Gasteiger charge is 2.41. The standard InChI is InChI=1S/C12H19BrN2OS/c1-16-12(4-2-3-5-12)11(15-14)7-10-6-9(13)8-17-10/h6,8,11,15H,2-5,7,14H2,1H3. The van der Waals surface area contributed by atoms with Crippen molar-refractivity contribution in [1.82, 2.24) is 5.43 Å². The van der Waals surface area contributed by atoms with Gasteiger partial charge in [-0.2, -0.15) is 0 Å². The predicted molar refractivity (Wildman–Crippen MR) is 75.0 cm³/mol. The van der Waals surface area contributed by atoms with Gasteiger partial charge in [-0.25, -0.2) is 0 Å². The lowest BCUT2D eigenvalue weighted by atomic mass is 9.89. The molecule has 1 aliphatic rings. The zero-order valence-electron chi connectivity index (χ0n) is 10.0. The van der Waals surface area contributed by atoms with E-state index in [1.165, 1.54) is 17.7 Å². The van der Waals surface area contributed by atoms with Crippen LogP contribution in [0.15, 0.2) is 15.9 Å². The van der Waals surface area contributed by atoms with Crippen LogP contribution in [0.25, 0.3) is 0 Å². The number of hydrazine groups is 1. The Bertz CT molecular complexity index is 363.